The molecule has 3 heteroatoms. The van der Waals surface area contributed by atoms with Crippen molar-refractivity contribution in [3.8, 4) is 0 Å². The van der Waals surface area contributed by atoms with E-state index in [1.54, 1.807) is 0 Å². The normalized spacial score (nSPS) is 19.4. The number of rotatable bonds is 4. The summed E-state index contributed by atoms with van der Waals surface area (Å²) in [6, 6.07) is 9.07. The van der Waals surface area contributed by atoms with Gasteiger partial charge in [-0.15, -0.1) is 0 Å². The number of benzene rings is 1. The highest BCUT2D eigenvalue weighted by Gasteiger charge is 2.21. The van der Waals surface area contributed by atoms with Crippen molar-refractivity contribution in [2.24, 2.45) is 0 Å². The fourth-order valence-corrected chi connectivity index (χ4v) is 1.53. The van der Waals surface area contributed by atoms with Crippen LogP contribution in [-0.2, 0) is 0 Å². The van der Waals surface area contributed by atoms with Gasteiger partial charge in [0.15, 0.2) is 0 Å². The fourth-order valence-electron chi connectivity index (χ4n) is 1.53. The second-order valence-electron chi connectivity index (χ2n) is 3.70. The molecule has 0 aromatic heterocycles. The maximum atomic E-state index is 8.80. The molecule has 1 atom stereocenters. The monoisotopic (exact) mass is 192 g/mol. The number of anilines is 1. The van der Waals surface area contributed by atoms with Crippen molar-refractivity contribution in [1.82, 2.24) is 5.32 Å². The van der Waals surface area contributed by atoms with Gasteiger partial charge in [-0.1, -0.05) is 12.1 Å². The first kappa shape index (κ1) is 9.49. The molecule has 3 nitrogen and oxygen atoms in total. The quantitative estimate of drug-likeness (QED) is 0.692. The van der Waals surface area contributed by atoms with E-state index in [9.17, 15) is 0 Å². The molecule has 0 amide bonds. The molecule has 2 N–H and O–H groups in total. The van der Waals surface area contributed by atoms with Gasteiger partial charge < -0.3 is 15.3 Å². The zero-order valence-electron chi connectivity index (χ0n) is 8.40. The van der Waals surface area contributed by atoms with Crippen LogP contribution in [0.25, 0.3) is 0 Å². The van der Waals surface area contributed by atoms with Gasteiger partial charge in [-0.2, -0.15) is 0 Å². The van der Waals surface area contributed by atoms with Crippen molar-refractivity contribution in [2.45, 2.75) is 6.04 Å². The number of aliphatic hydroxyl groups is 1. The highest BCUT2D eigenvalue weighted by atomic mass is 16.3. The second kappa shape index (κ2) is 3.98. The standard InChI is InChI=1S/C11H16N2O/c1-13(6-7-14)10-4-2-9(3-5-10)11-8-12-11/h2-5,11-12,14H,6-8H2,1H3/t11-/m1/s1. The van der Waals surface area contributed by atoms with E-state index in [1.165, 1.54) is 5.56 Å². The van der Waals surface area contributed by atoms with Crippen LogP contribution in [0.3, 0.4) is 0 Å². The lowest BCUT2D eigenvalue weighted by molar-refractivity contribution is 0.304. The summed E-state index contributed by atoms with van der Waals surface area (Å²) in [6.45, 7) is 1.98. The Labute approximate surface area is 84.4 Å². The Morgan fingerprint density at radius 2 is 2.07 bits per heavy atom. The largest absolute Gasteiger partial charge is 0.395 e. The molecule has 0 radical (unpaired) electrons. The molecule has 1 fully saturated rings. The van der Waals surface area contributed by atoms with Crippen molar-refractivity contribution in [2.75, 3.05) is 31.6 Å². The SMILES string of the molecule is CN(CCO)c1ccc([C@H]2CN2)cc1. The minimum absolute atomic E-state index is 0.197. The van der Waals surface area contributed by atoms with Crippen molar-refractivity contribution in [3.05, 3.63) is 29.8 Å². The number of hydrogen-bond acceptors (Lipinski definition) is 3. The number of likely N-dealkylation sites (N-methyl/N-ethyl adjacent to an activating group) is 1. The molecule has 0 aliphatic carbocycles. The van der Waals surface area contributed by atoms with Gasteiger partial charge in [-0.05, 0) is 17.7 Å². The number of nitrogens with one attached hydrogen (secondary N) is 1. The first-order valence-electron chi connectivity index (χ1n) is 4.96. The summed E-state index contributed by atoms with van der Waals surface area (Å²) in [4.78, 5) is 2.05. The molecule has 1 aromatic carbocycles. The zero-order chi connectivity index (χ0) is 9.97. The van der Waals surface area contributed by atoms with E-state index >= 15 is 0 Å². The Kier molecular flexibility index (Phi) is 2.70. The van der Waals surface area contributed by atoms with E-state index in [2.05, 4.69) is 29.6 Å². The molecular weight excluding hydrogens is 176 g/mol. The number of aliphatic hydroxyl groups excluding tert-OH is 1. The van der Waals surface area contributed by atoms with Gasteiger partial charge >= 0.3 is 0 Å². The molecule has 1 aliphatic heterocycles. The predicted octanol–water partition coefficient (Wildman–Crippen LogP) is 0.759. The molecule has 1 aromatic rings. The van der Waals surface area contributed by atoms with Crippen LogP contribution in [0, 0.1) is 0 Å². The van der Waals surface area contributed by atoms with Gasteiger partial charge in [0, 0.05) is 31.9 Å². The minimum Gasteiger partial charge on any atom is -0.395 e. The Balaban J connectivity index is 2.04. The second-order valence-corrected chi connectivity index (χ2v) is 3.70. The minimum atomic E-state index is 0.197. The van der Waals surface area contributed by atoms with E-state index in [-0.39, 0.29) is 6.61 Å². The summed E-state index contributed by atoms with van der Waals surface area (Å²) in [6.07, 6.45) is 0. The molecule has 1 aliphatic rings. The van der Waals surface area contributed by atoms with Crippen molar-refractivity contribution in [3.63, 3.8) is 0 Å². The summed E-state index contributed by atoms with van der Waals surface area (Å²) in [5.41, 5.74) is 2.51. The van der Waals surface area contributed by atoms with Crippen LogP contribution in [0.2, 0.25) is 0 Å². The van der Waals surface area contributed by atoms with Crippen LogP contribution in [0.4, 0.5) is 5.69 Å². The molecule has 1 heterocycles. The summed E-state index contributed by atoms with van der Waals surface area (Å²) in [7, 11) is 1.99. The molecule has 0 spiro atoms. The third-order valence-electron chi connectivity index (χ3n) is 2.58. The fraction of sp³-hybridized carbons (Fsp3) is 0.455. The molecule has 14 heavy (non-hydrogen) atoms. The number of hydrogen-bond donors (Lipinski definition) is 2. The van der Waals surface area contributed by atoms with Gasteiger partial charge in [-0.25, -0.2) is 0 Å². The van der Waals surface area contributed by atoms with Gasteiger partial charge in [0.05, 0.1) is 6.61 Å². The lowest BCUT2D eigenvalue weighted by atomic mass is 10.1. The Morgan fingerprint density at radius 1 is 1.43 bits per heavy atom. The molecular formula is C11H16N2O. The topological polar surface area (TPSA) is 45.4 Å². The zero-order valence-corrected chi connectivity index (χ0v) is 8.40. The van der Waals surface area contributed by atoms with E-state index in [0.717, 1.165) is 12.2 Å². The van der Waals surface area contributed by atoms with Gasteiger partial charge in [-0.3, -0.25) is 0 Å². The van der Waals surface area contributed by atoms with E-state index in [0.29, 0.717) is 12.6 Å². The van der Waals surface area contributed by atoms with Crippen LogP contribution in [0.1, 0.15) is 11.6 Å². The summed E-state index contributed by atoms with van der Waals surface area (Å²) >= 11 is 0. The Morgan fingerprint density at radius 3 is 2.57 bits per heavy atom. The number of nitrogens with zero attached hydrogens (tertiary/aromatic N) is 1. The predicted molar refractivity (Wildman–Crippen MR) is 57.5 cm³/mol. The van der Waals surface area contributed by atoms with E-state index in [1.807, 2.05) is 11.9 Å². The summed E-state index contributed by atoms with van der Waals surface area (Å²) in [5, 5.41) is 12.1. The van der Waals surface area contributed by atoms with Gasteiger partial charge in [0.25, 0.3) is 0 Å². The Hall–Kier alpha value is -1.06. The lowest BCUT2D eigenvalue weighted by Gasteiger charge is -2.17. The third kappa shape index (κ3) is 2.05. The molecule has 1 saturated heterocycles. The van der Waals surface area contributed by atoms with Crippen LogP contribution >= 0.6 is 0 Å². The highest BCUT2D eigenvalue weighted by Crippen LogP contribution is 2.23. The molecule has 76 valence electrons. The van der Waals surface area contributed by atoms with Crippen molar-refractivity contribution < 1.29 is 5.11 Å². The maximum Gasteiger partial charge on any atom is 0.0606 e. The molecule has 0 bridgehead atoms. The van der Waals surface area contributed by atoms with E-state index in [4.69, 9.17) is 5.11 Å². The average Bonchev–Trinajstić information content (AvgIpc) is 3.02. The first-order chi connectivity index (χ1) is 6.81. The Bertz CT molecular complexity index is 293. The van der Waals surface area contributed by atoms with Crippen molar-refractivity contribution >= 4 is 5.69 Å². The third-order valence-corrected chi connectivity index (χ3v) is 2.58. The van der Waals surface area contributed by atoms with Gasteiger partial charge in [0.2, 0.25) is 0 Å². The molecule has 0 unspecified atom stereocenters. The van der Waals surface area contributed by atoms with Crippen molar-refractivity contribution in [1.29, 1.82) is 0 Å². The van der Waals surface area contributed by atoms with Gasteiger partial charge in [0.1, 0.15) is 0 Å². The van der Waals surface area contributed by atoms with Crippen LogP contribution in [-0.4, -0.2) is 31.9 Å². The van der Waals surface area contributed by atoms with Crippen LogP contribution in [0.15, 0.2) is 24.3 Å². The lowest BCUT2D eigenvalue weighted by Crippen LogP contribution is -2.20. The average molecular weight is 192 g/mol. The molecule has 0 saturated carbocycles. The van der Waals surface area contributed by atoms with Crippen LogP contribution in [0.5, 0.6) is 0 Å². The smallest absolute Gasteiger partial charge is 0.0606 e. The molecule has 2 rings (SSSR count). The summed E-state index contributed by atoms with van der Waals surface area (Å²) < 4.78 is 0. The highest BCUT2D eigenvalue weighted by molar-refractivity contribution is 5.47. The maximum absolute atomic E-state index is 8.80. The van der Waals surface area contributed by atoms with Crippen LogP contribution < -0.4 is 10.2 Å². The van der Waals surface area contributed by atoms with E-state index < -0.39 is 0 Å². The first-order valence-corrected chi connectivity index (χ1v) is 4.96. The summed E-state index contributed by atoms with van der Waals surface area (Å²) in [5.74, 6) is 0.